The van der Waals surface area contributed by atoms with Gasteiger partial charge in [-0.2, -0.15) is 0 Å². The van der Waals surface area contributed by atoms with E-state index < -0.39 is 11.7 Å². The highest BCUT2D eigenvalue weighted by Crippen LogP contribution is 2.31. The maximum Gasteiger partial charge on any atom is 0.410 e. The first-order valence-corrected chi connectivity index (χ1v) is 13.9. The zero-order valence-corrected chi connectivity index (χ0v) is 23.2. The normalized spacial score (nSPS) is 17.4. The van der Waals surface area contributed by atoms with Crippen LogP contribution in [0.3, 0.4) is 0 Å². The summed E-state index contributed by atoms with van der Waals surface area (Å²) in [5, 5.41) is 0.620. The van der Waals surface area contributed by atoms with Gasteiger partial charge in [-0.1, -0.05) is 42.1 Å². The Morgan fingerprint density at radius 3 is 2.58 bits per heavy atom. The van der Waals surface area contributed by atoms with Gasteiger partial charge in [0.05, 0.1) is 12.2 Å². The van der Waals surface area contributed by atoms with Crippen LogP contribution in [0.5, 0.6) is 0 Å². The van der Waals surface area contributed by atoms with Crippen LogP contribution < -0.4 is 4.90 Å². The molecule has 1 saturated heterocycles. The Kier molecular flexibility index (Phi) is 8.62. The van der Waals surface area contributed by atoms with Crippen LogP contribution in [-0.4, -0.2) is 82.6 Å². The fourth-order valence-electron chi connectivity index (χ4n) is 4.58. The maximum absolute atomic E-state index is 12.8. The smallest absolute Gasteiger partial charge is 0.410 e. The van der Waals surface area contributed by atoms with E-state index in [1.165, 1.54) is 11.8 Å². The standard InChI is InChI=1S/C27H34N6O4S/c1-27(2,3)37-26(35)33-14-13-31(16-20(33)15-28-4)23-21-11-12-32(17-22(21)29-24(30-23)38-5)25(34)36-18-19-9-7-6-8-10-19/h6-10,20H,11-18H2,1-3,5H3/t20-/m0/s1. The van der Waals surface area contributed by atoms with E-state index in [1.807, 2.05) is 57.4 Å². The van der Waals surface area contributed by atoms with Crippen LogP contribution >= 0.6 is 11.8 Å². The van der Waals surface area contributed by atoms with Crippen LogP contribution in [-0.2, 0) is 29.0 Å². The van der Waals surface area contributed by atoms with Crippen molar-refractivity contribution in [1.29, 1.82) is 0 Å². The highest BCUT2D eigenvalue weighted by Gasteiger charge is 2.37. The molecule has 10 nitrogen and oxygen atoms in total. The van der Waals surface area contributed by atoms with Gasteiger partial charge in [-0.3, -0.25) is 4.90 Å². The van der Waals surface area contributed by atoms with Crippen LogP contribution in [0.15, 0.2) is 35.5 Å². The van der Waals surface area contributed by atoms with Gasteiger partial charge in [0.25, 0.3) is 0 Å². The largest absolute Gasteiger partial charge is 0.445 e. The lowest BCUT2D eigenvalue weighted by Crippen LogP contribution is -2.57. The summed E-state index contributed by atoms with van der Waals surface area (Å²) >= 11 is 1.44. The highest BCUT2D eigenvalue weighted by molar-refractivity contribution is 7.98. The Morgan fingerprint density at radius 1 is 1.13 bits per heavy atom. The number of amides is 2. The van der Waals surface area contributed by atoms with Gasteiger partial charge in [0.2, 0.25) is 6.54 Å². The molecule has 0 aliphatic carbocycles. The van der Waals surface area contributed by atoms with E-state index in [2.05, 4.69) is 9.74 Å². The molecule has 0 radical (unpaired) electrons. The minimum Gasteiger partial charge on any atom is -0.445 e. The third-order valence-electron chi connectivity index (χ3n) is 6.38. The van der Waals surface area contributed by atoms with Crippen molar-refractivity contribution in [3.05, 3.63) is 58.6 Å². The first-order chi connectivity index (χ1) is 18.2. The van der Waals surface area contributed by atoms with Crippen LogP contribution in [0.25, 0.3) is 4.85 Å². The van der Waals surface area contributed by atoms with Crippen molar-refractivity contribution < 1.29 is 19.1 Å². The van der Waals surface area contributed by atoms with Gasteiger partial charge in [0.1, 0.15) is 24.1 Å². The molecule has 2 aliphatic rings. The molecule has 0 saturated carbocycles. The summed E-state index contributed by atoms with van der Waals surface area (Å²) in [6, 6.07) is 9.29. The Morgan fingerprint density at radius 2 is 1.89 bits per heavy atom. The van der Waals surface area contributed by atoms with Gasteiger partial charge < -0.3 is 24.1 Å². The molecule has 38 heavy (non-hydrogen) atoms. The summed E-state index contributed by atoms with van der Waals surface area (Å²) < 4.78 is 11.1. The molecule has 4 rings (SSSR count). The second-order valence-corrected chi connectivity index (χ2v) is 11.1. The molecule has 0 spiro atoms. The number of rotatable bonds is 5. The number of hydrogen-bond acceptors (Lipinski definition) is 8. The Balaban J connectivity index is 1.50. The molecule has 2 aromatic rings. The molecule has 2 aliphatic heterocycles. The molecule has 0 unspecified atom stereocenters. The lowest BCUT2D eigenvalue weighted by molar-refractivity contribution is 0.0155. The number of carbonyl (C=O) groups is 2. The SMILES string of the molecule is [C-]#[N+]C[C@H]1CN(c2nc(SC)nc3c2CCN(C(=O)OCc2ccccc2)C3)CCN1C(=O)OC(C)(C)C. The molecule has 0 N–H and O–H groups in total. The van der Waals surface area contributed by atoms with E-state index >= 15 is 0 Å². The number of thioether (sulfide) groups is 1. The predicted molar refractivity (Wildman–Crippen MR) is 145 cm³/mol. The van der Waals surface area contributed by atoms with Crippen molar-refractivity contribution in [3.63, 3.8) is 0 Å². The van der Waals surface area contributed by atoms with E-state index in [9.17, 15) is 9.59 Å². The topological polar surface area (TPSA) is 92.5 Å². The summed E-state index contributed by atoms with van der Waals surface area (Å²) in [5.41, 5.74) is 2.14. The molecule has 1 aromatic heterocycles. The number of benzene rings is 1. The van der Waals surface area contributed by atoms with Gasteiger partial charge in [-0.05, 0) is 39.0 Å². The summed E-state index contributed by atoms with van der Waals surface area (Å²) in [7, 11) is 0. The maximum atomic E-state index is 12.8. The van der Waals surface area contributed by atoms with Gasteiger partial charge in [-0.25, -0.2) is 26.1 Å². The average Bonchev–Trinajstić information content (AvgIpc) is 2.90. The molecule has 1 atom stereocenters. The number of ether oxygens (including phenoxy) is 2. The monoisotopic (exact) mass is 538 g/mol. The number of anilines is 1. The van der Waals surface area contributed by atoms with Gasteiger partial charge in [-0.15, -0.1) is 0 Å². The van der Waals surface area contributed by atoms with E-state index in [0.717, 1.165) is 22.6 Å². The van der Waals surface area contributed by atoms with Crippen molar-refractivity contribution in [2.75, 3.05) is 43.9 Å². The quantitative estimate of drug-likeness (QED) is 0.317. The van der Waals surface area contributed by atoms with Crippen molar-refractivity contribution in [3.8, 4) is 0 Å². The molecule has 3 heterocycles. The highest BCUT2D eigenvalue weighted by atomic mass is 32.2. The average molecular weight is 539 g/mol. The van der Waals surface area contributed by atoms with Crippen LogP contribution in [0.4, 0.5) is 15.4 Å². The molecule has 0 bridgehead atoms. The first-order valence-electron chi connectivity index (χ1n) is 12.7. The zero-order valence-electron chi connectivity index (χ0n) is 22.3. The van der Waals surface area contributed by atoms with E-state index in [1.54, 1.807) is 9.80 Å². The molecule has 1 fully saturated rings. The van der Waals surface area contributed by atoms with E-state index in [4.69, 9.17) is 26.0 Å². The second-order valence-electron chi connectivity index (χ2n) is 10.3. The third kappa shape index (κ3) is 6.67. The zero-order chi connectivity index (χ0) is 27.3. The van der Waals surface area contributed by atoms with Gasteiger partial charge >= 0.3 is 12.2 Å². The van der Waals surface area contributed by atoms with E-state index in [-0.39, 0.29) is 25.3 Å². The fraction of sp³-hybridized carbons (Fsp3) is 0.519. The van der Waals surface area contributed by atoms with Crippen LogP contribution in [0.1, 0.15) is 37.6 Å². The number of fused-ring (bicyclic) bond motifs is 1. The van der Waals surface area contributed by atoms with Crippen molar-refractivity contribution in [2.45, 2.75) is 57.1 Å². The molecule has 202 valence electrons. The minimum absolute atomic E-state index is 0.180. The Hall–Kier alpha value is -3.52. The number of piperazine rings is 1. The summed E-state index contributed by atoms with van der Waals surface area (Å²) in [6.07, 6.45) is 1.75. The van der Waals surface area contributed by atoms with Gasteiger partial charge in [0.15, 0.2) is 5.16 Å². The number of aromatic nitrogens is 2. The summed E-state index contributed by atoms with van der Waals surface area (Å²) in [5.74, 6) is 0.815. The number of hydrogen-bond donors (Lipinski definition) is 0. The summed E-state index contributed by atoms with van der Waals surface area (Å²) in [6.45, 7) is 15.7. The molecule has 1 aromatic carbocycles. The summed E-state index contributed by atoms with van der Waals surface area (Å²) in [4.78, 5) is 44.2. The van der Waals surface area contributed by atoms with Crippen molar-refractivity contribution in [2.24, 2.45) is 0 Å². The van der Waals surface area contributed by atoms with Crippen LogP contribution in [0.2, 0.25) is 0 Å². The lowest BCUT2D eigenvalue weighted by Gasteiger charge is -2.41. The minimum atomic E-state index is -0.607. The van der Waals surface area contributed by atoms with E-state index in [0.29, 0.717) is 44.3 Å². The Bertz CT molecular complexity index is 1200. The Labute approximate surface area is 228 Å². The predicted octanol–water partition coefficient (Wildman–Crippen LogP) is 4.24. The molecule has 2 amide bonds. The molecular weight excluding hydrogens is 504 g/mol. The number of carbonyl (C=O) groups excluding carboxylic acids is 2. The molecular formula is C27H34N6O4S. The van der Waals surface area contributed by atoms with Crippen molar-refractivity contribution in [1.82, 2.24) is 19.8 Å². The molecule has 11 heteroatoms. The first kappa shape index (κ1) is 27.5. The van der Waals surface area contributed by atoms with Gasteiger partial charge in [0, 0.05) is 31.7 Å². The van der Waals surface area contributed by atoms with Crippen LogP contribution in [0, 0.1) is 6.57 Å². The third-order valence-corrected chi connectivity index (χ3v) is 6.93. The fourth-order valence-corrected chi connectivity index (χ4v) is 4.96. The second kappa shape index (κ2) is 11.9. The van der Waals surface area contributed by atoms with Crippen molar-refractivity contribution >= 4 is 29.8 Å². The number of nitrogens with zero attached hydrogens (tertiary/aromatic N) is 6. The lowest BCUT2D eigenvalue weighted by atomic mass is 10.0.